The molecule has 0 unspecified atom stereocenters. The van der Waals surface area contributed by atoms with Gasteiger partial charge in [0.2, 0.25) is 11.8 Å². The molecular formula is C28H31N5O2. The van der Waals surface area contributed by atoms with E-state index in [1.165, 1.54) is 0 Å². The number of nitrogens with one attached hydrogen (secondary N) is 1. The number of hydrogen-bond acceptors (Lipinski definition) is 4. The highest BCUT2D eigenvalue weighted by atomic mass is 16.2. The summed E-state index contributed by atoms with van der Waals surface area (Å²) in [4.78, 5) is 29.1. The van der Waals surface area contributed by atoms with Crippen molar-refractivity contribution in [2.45, 2.75) is 39.8 Å². The van der Waals surface area contributed by atoms with Crippen molar-refractivity contribution >= 4 is 28.5 Å². The SMILES string of the molecule is Cc1ccc([C@@H](C(=O)NCCC(C)C)N(C(=O)Cn2nnc3ccccc32)c2ccccc2)cc1. The number of aryl methyl sites for hydroxylation is 1. The maximum Gasteiger partial charge on any atom is 0.249 e. The second-order valence-electron chi connectivity index (χ2n) is 9.12. The van der Waals surface area contributed by atoms with E-state index in [0.717, 1.165) is 23.1 Å². The molecule has 0 aliphatic carbocycles. The molecule has 0 aliphatic heterocycles. The molecule has 0 fully saturated rings. The molecule has 0 bridgehead atoms. The third-order valence-corrected chi connectivity index (χ3v) is 5.93. The van der Waals surface area contributed by atoms with Crippen molar-refractivity contribution in [3.63, 3.8) is 0 Å². The summed E-state index contributed by atoms with van der Waals surface area (Å²) in [5, 5.41) is 11.4. The highest BCUT2D eigenvalue weighted by Gasteiger charge is 2.33. The van der Waals surface area contributed by atoms with Crippen LogP contribution >= 0.6 is 0 Å². The van der Waals surface area contributed by atoms with Gasteiger partial charge < -0.3 is 5.32 Å². The number of carbonyl (C=O) groups excluding carboxylic acids is 2. The Hall–Kier alpha value is -4.00. The smallest absolute Gasteiger partial charge is 0.249 e. The standard InChI is InChI=1S/C28H31N5O2/c1-20(2)17-18-29-28(35)27(22-15-13-21(3)14-16-22)33(23-9-5-4-6-10-23)26(34)19-32-25-12-8-7-11-24(25)30-31-32/h4-16,20,27H,17-19H2,1-3H3,(H,29,35)/t27-/m0/s1. The Labute approximate surface area is 205 Å². The van der Waals surface area contributed by atoms with E-state index in [1.54, 1.807) is 9.58 Å². The quantitative estimate of drug-likeness (QED) is 0.386. The molecule has 0 radical (unpaired) electrons. The number of nitrogens with zero attached hydrogens (tertiary/aromatic N) is 4. The predicted octanol–water partition coefficient (Wildman–Crippen LogP) is 4.68. The number of amides is 2. The van der Waals surface area contributed by atoms with E-state index in [0.29, 0.717) is 23.7 Å². The molecule has 180 valence electrons. The summed E-state index contributed by atoms with van der Waals surface area (Å²) in [6.45, 7) is 6.73. The van der Waals surface area contributed by atoms with E-state index in [9.17, 15) is 9.59 Å². The first kappa shape index (κ1) is 24.1. The van der Waals surface area contributed by atoms with Gasteiger partial charge >= 0.3 is 0 Å². The zero-order valence-electron chi connectivity index (χ0n) is 20.4. The van der Waals surface area contributed by atoms with Crippen LogP contribution in [-0.4, -0.2) is 33.4 Å². The molecule has 0 spiro atoms. The number of para-hydroxylation sites is 2. The average Bonchev–Trinajstić information content (AvgIpc) is 3.26. The molecule has 1 heterocycles. The van der Waals surface area contributed by atoms with E-state index in [1.807, 2.05) is 85.8 Å². The van der Waals surface area contributed by atoms with Crippen LogP contribution in [0.1, 0.15) is 37.4 Å². The summed E-state index contributed by atoms with van der Waals surface area (Å²) < 4.78 is 1.58. The predicted molar refractivity (Wildman–Crippen MR) is 138 cm³/mol. The molecule has 4 aromatic rings. The lowest BCUT2D eigenvalue weighted by Gasteiger charge is -2.31. The number of hydrogen-bond donors (Lipinski definition) is 1. The van der Waals surface area contributed by atoms with Crippen LogP contribution in [0.2, 0.25) is 0 Å². The number of benzene rings is 3. The first-order chi connectivity index (χ1) is 16.9. The van der Waals surface area contributed by atoms with Crippen LogP contribution in [-0.2, 0) is 16.1 Å². The fraction of sp³-hybridized carbons (Fsp3) is 0.286. The largest absolute Gasteiger partial charge is 0.354 e. The monoisotopic (exact) mass is 469 g/mol. The van der Waals surface area contributed by atoms with Crippen LogP contribution in [0.25, 0.3) is 11.0 Å². The van der Waals surface area contributed by atoms with Crippen molar-refractivity contribution in [3.05, 3.63) is 90.0 Å². The van der Waals surface area contributed by atoms with Gasteiger partial charge in [0.1, 0.15) is 18.1 Å². The number of aromatic nitrogens is 3. The third-order valence-electron chi connectivity index (χ3n) is 5.93. The molecule has 1 aromatic heterocycles. The Morgan fingerprint density at radius 1 is 0.943 bits per heavy atom. The van der Waals surface area contributed by atoms with Crippen LogP contribution < -0.4 is 10.2 Å². The van der Waals surface area contributed by atoms with Gasteiger partial charge in [0.05, 0.1) is 5.52 Å². The fourth-order valence-electron chi connectivity index (χ4n) is 4.01. The number of rotatable bonds is 9. The summed E-state index contributed by atoms with van der Waals surface area (Å²) in [7, 11) is 0. The van der Waals surface area contributed by atoms with E-state index in [4.69, 9.17) is 0 Å². The lowest BCUT2D eigenvalue weighted by atomic mass is 10.0. The molecule has 0 saturated heterocycles. The first-order valence-electron chi connectivity index (χ1n) is 11.9. The molecule has 0 aliphatic rings. The third kappa shape index (κ3) is 5.74. The van der Waals surface area contributed by atoms with Gasteiger partial charge in [0, 0.05) is 12.2 Å². The first-order valence-corrected chi connectivity index (χ1v) is 11.9. The molecule has 2 amide bonds. The molecule has 1 N–H and O–H groups in total. The summed E-state index contributed by atoms with van der Waals surface area (Å²) in [6.07, 6.45) is 0.858. The van der Waals surface area contributed by atoms with E-state index in [2.05, 4.69) is 29.5 Å². The summed E-state index contributed by atoms with van der Waals surface area (Å²) in [6, 6.07) is 23.7. The Balaban J connectivity index is 1.73. The molecule has 7 heteroatoms. The van der Waals surface area contributed by atoms with Gasteiger partial charge in [-0.3, -0.25) is 14.5 Å². The van der Waals surface area contributed by atoms with Gasteiger partial charge in [-0.2, -0.15) is 0 Å². The van der Waals surface area contributed by atoms with Crippen molar-refractivity contribution < 1.29 is 9.59 Å². The van der Waals surface area contributed by atoms with Gasteiger partial charge in [-0.15, -0.1) is 5.10 Å². The molecule has 0 saturated carbocycles. The van der Waals surface area contributed by atoms with Gasteiger partial charge in [-0.05, 0) is 49.1 Å². The molecular weight excluding hydrogens is 438 g/mol. The molecule has 35 heavy (non-hydrogen) atoms. The van der Waals surface area contributed by atoms with Gasteiger partial charge in [-0.25, -0.2) is 4.68 Å². The maximum atomic E-state index is 13.9. The minimum absolute atomic E-state index is 0.0446. The van der Waals surface area contributed by atoms with Crippen LogP contribution in [0.15, 0.2) is 78.9 Å². The van der Waals surface area contributed by atoms with Crippen molar-refractivity contribution in [1.82, 2.24) is 20.3 Å². The van der Waals surface area contributed by atoms with Crippen molar-refractivity contribution in [2.75, 3.05) is 11.4 Å². The van der Waals surface area contributed by atoms with E-state index < -0.39 is 6.04 Å². The number of carbonyl (C=O) groups is 2. The summed E-state index contributed by atoms with van der Waals surface area (Å²) >= 11 is 0. The lowest BCUT2D eigenvalue weighted by Crippen LogP contribution is -2.45. The zero-order valence-corrected chi connectivity index (χ0v) is 20.4. The highest BCUT2D eigenvalue weighted by molar-refractivity contribution is 6.01. The highest BCUT2D eigenvalue weighted by Crippen LogP contribution is 2.29. The molecule has 4 rings (SSSR count). The van der Waals surface area contributed by atoms with E-state index in [-0.39, 0.29) is 18.4 Å². The Morgan fingerprint density at radius 3 is 2.34 bits per heavy atom. The Morgan fingerprint density at radius 2 is 1.63 bits per heavy atom. The van der Waals surface area contributed by atoms with Crippen molar-refractivity contribution in [1.29, 1.82) is 0 Å². The van der Waals surface area contributed by atoms with Crippen LogP contribution in [0.3, 0.4) is 0 Å². The number of anilines is 1. The minimum atomic E-state index is -0.826. The molecule has 7 nitrogen and oxygen atoms in total. The van der Waals surface area contributed by atoms with Crippen molar-refractivity contribution in [2.24, 2.45) is 5.92 Å². The minimum Gasteiger partial charge on any atom is -0.354 e. The summed E-state index contributed by atoms with van der Waals surface area (Å²) in [5.74, 6) is -0.00725. The normalized spacial score (nSPS) is 12.0. The Kier molecular flexibility index (Phi) is 7.55. The molecule has 1 atom stereocenters. The maximum absolute atomic E-state index is 13.9. The Bertz CT molecular complexity index is 1280. The van der Waals surface area contributed by atoms with Gasteiger partial charge in [0.25, 0.3) is 0 Å². The van der Waals surface area contributed by atoms with Gasteiger partial charge in [-0.1, -0.05) is 79.2 Å². The van der Waals surface area contributed by atoms with E-state index >= 15 is 0 Å². The topological polar surface area (TPSA) is 80.1 Å². The summed E-state index contributed by atoms with van der Waals surface area (Å²) in [5.41, 5.74) is 3.96. The fourth-order valence-corrected chi connectivity index (χ4v) is 4.01. The second kappa shape index (κ2) is 11.0. The average molecular weight is 470 g/mol. The second-order valence-corrected chi connectivity index (χ2v) is 9.12. The zero-order chi connectivity index (χ0) is 24.8. The van der Waals surface area contributed by atoms with Crippen LogP contribution in [0, 0.1) is 12.8 Å². The van der Waals surface area contributed by atoms with Crippen LogP contribution in [0.4, 0.5) is 5.69 Å². The van der Waals surface area contributed by atoms with Crippen LogP contribution in [0.5, 0.6) is 0 Å². The van der Waals surface area contributed by atoms with Crippen molar-refractivity contribution in [3.8, 4) is 0 Å². The number of fused-ring (bicyclic) bond motifs is 1. The molecule has 3 aromatic carbocycles. The van der Waals surface area contributed by atoms with Gasteiger partial charge in [0.15, 0.2) is 0 Å². The lowest BCUT2D eigenvalue weighted by molar-refractivity contribution is -0.127.